The molecule has 0 aliphatic heterocycles. The van der Waals surface area contributed by atoms with Crippen LogP contribution in [0, 0.1) is 0 Å². The van der Waals surface area contributed by atoms with Crippen molar-refractivity contribution in [2.75, 3.05) is 0 Å². The lowest BCUT2D eigenvalue weighted by atomic mass is 10.0. The number of carbonyl (C=O) groups is 2. The van der Waals surface area contributed by atoms with Crippen LogP contribution in [0.25, 0.3) is 0 Å². The van der Waals surface area contributed by atoms with Crippen molar-refractivity contribution in [3.8, 4) is 0 Å². The Bertz CT molecular complexity index is 277. The molecule has 0 aliphatic rings. The minimum absolute atomic E-state index is 0.111. The molecular formula is C12H25N3O2. The van der Waals surface area contributed by atoms with Gasteiger partial charge in [-0.2, -0.15) is 0 Å². The average molecular weight is 243 g/mol. The van der Waals surface area contributed by atoms with Gasteiger partial charge in [0.1, 0.15) is 0 Å². The van der Waals surface area contributed by atoms with Crippen molar-refractivity contribution in [1.82, 2.24) is 10.6 Å². The number of rotatable bonds is 7. The van der Waals surface area contributed by atoms with Gasteiger partial charge in [-0.1, -0.05) is 13.3 Å². The minimum atomic E-state index is -0.884. The standard InChI is InChI=1S/C12H25N3O2/c1-6-7-8(2)14-10(16)9(3)15-12(4,5)11(13)17/h8-9,15H,6-7H2,1-5H3,(H2,13,17)(H,14,16). The molecule has 17 heavy (non-hydrogen) atoms. The van der Waals surface area contributed by atoms with Gasteiger partial charge < -0.3 is 11.1 Å². The molecule has 2 unspecified atom stereocenters. The molecule has 0 bridgehead atoms. The third-order valence-electron chi connectivity index (χ3n) is 2.70. The Labute approximate surface area is 104 Å². The second kappa shape index (κ2) is 6.59. The zero-order chi connectivity index (χ0) is 13.6. The van der Waals surface area contributed by atoms with E-state index >= 15 is 0 Å². The van der Waals surface area contributed by atoms with Crippen molar-refractivity contribution in [2.45, 2.75) is 65.1 Å². The summed E-state index contributed by atoms with van der Waals surface area (Å²) >= 11 is 0. The molecule has 0 aliphatic carbocycles. The van der Waals surface area contributed by atoms with Crippen LogP contribution in [-0.4, -0.2) is 29.4 Å². The SMILES string of the molecule is CCCC(C)NC(=O)C(C)NC(C)(C)C(N)=O. The fourth-order valence-electron chi connectivity index (χ4n) is 1.55. The summed E-state index contributed by atoms with van der Waals surface area (Å²) in [6.07, 6.45) is 1.97. The minimum Gasteiger partial charge on any atom is -0.368 e. The van der Waals surface area contributed by atoms with Gasteiger partial charge in [-0.15, -0.1) is 0 Å². The summed E-state index contributed by atoms with van der Waals surface area (Å²) in [4.78, 5) is 22.9. The normalized spacial score (nSPS) is 15.1. The highest BCUT2D eigenvalue weighted by atomic mass is 16.2. The molecule has 0 aromatic carbocycles. The Kier molecular flexibility index (Phi) is 6.16. The van der Waals surface area contributed by atoms with Crippen molar-refractivity contribution >= 4 is 11.8 Å². The molecule has 2 atom stereocenters. The maximum Gasteiger partial charge on any atom is 0.237 e. The maximum atomic E-state index is 11.8. The van der Waals surface area contributed by atoms with E-state index in [1.807, 2.05) is 6.92 Å². The van der Waals surface area contributed by atoms with E-state index in [9.17, 15) is 9.59 Å². The van der Waals surface area contributed by atoms with Gasteiger partial charge >= 0.3 is 0 Å². The summed E-state index contributed by atoms with van der Waals surface area (Å²) < 4.78 is 0. The Hall–Kier alpha value is -1.10. The quantitative estimate of drug-likeness (QED) is 0.610. The van der Waals surface area contributed by atoms with Gasteiger partial charge in [0, 0.05) is 6.04 Å². The van der Waals surface area contributed by atoms with Crippen molar-refractivity contribution < 1.29 is 9.59 Å². The van der Waals surface area contributed by atoms with Gasteiger partial charge in [0.05, 0.1) is 11.6 Å². The predicted octanol–water partition coefficient (Wildman–Crippen LogP) is 0.533. The Balaban J connectivity index is 4.28. The van der Waals surface area contributed by atoms with Crippen LogP contribution in [0.5, 0.6) is 0 Å². The molecule has 0 fully saturated rings. The van der Waals surface area contributed by atoms with E-state index in [1.165, 1.54) is 0 Å². The van der Waals surface area contributed by atoms with E-state index in [2.05, 4.69) is 17.6 Å². The van der Waals surface area contributed by atoms with Crippen LogP contribution in [0.15, 0.2) is 0 Å². The highest BCUT2D eigenvalue weighted by molar-refractivity contribution is 5.86. The van der Waals surface area contributed by atoms with Crippen LogP contribution in [0.2, 0.25) is 0 Å². The highest BCUT2D eigenvalue weighted by Crippen LogP contribution is 2.03. The second-order valence-electron chi connectivity index (χ2n) is 5.05. The van der Waals surface area contributed by atoms with Crippen molar-refractivity contribution in [3.63, 3.8) is 0 Å². The first kappa shape index (κ1) is 15.9. The van der Waals surface area contributed by atoms with Crippen molar-refractivity contribution in [1.29, 1.82) is 0 Å². The summed E-state index contributed by atoms with van der Waals surface area (Å²) in [5, 5.41) is 5.80. The number of nitrogens with two attached hydrogens (primary N) is 1. The first-order valence-electron chi connectivity index (χ1n) is 6.08. The fraction of sp³-hybridized carbons (Fsp3) is 0.833. The molecule has 0 aromatic rings. The number of primary amides is 1. The molecule has 0 spiro atoms. The van der Waals surface area contributed by atoms with Crippen LogP contribution in [-0.2, 0) is 9.59 Å². The maximum absolute atomic E-state index is 11.8. The zero-order valence-corrected chi connectivity index (χ0v) is 11.5. The summed E-state index contributed by atoms with van der Waals surface area (Å²) in [5.74, 6) is -0.584. The molecule has 5 heteroatoms. The van der Waals surface area contributed by atoms with Crippen LogP contribution in [0.1, 0.15) is 47.5 Å². The monoisotopic (exact) mass is 243 g/mol. The number of carbonyl (C=O) groups excluding carboxylic acids is 2. The van der Waals surface area contributed by atoms with E-state index < -0.39 is 17.5 Å². The largest absolute Gasteiger partial charge is 0.368 e. The number of hydrogen-bond acceptors (Lipinski definition) is 3. The lowest BCUT2D eigenvalue weighted by Crippen LogP contribution is -2.58. The molecule has 2 amide bonds. The Morgan fingerprint density at radius 1 is 1.29 bits per heavy atom. The molecule has 0 aromatic heterocycles. The lowest BCUT2D eigenvalue weighted by Gasteiger charge is -2.27. The number of amides is 2. The Morgan fingerprint density at radius 2 is 1.82 bits per heavy atom. The highest BCUT2D eigenvalue weighted by Gasteiger charge is 2.29. The molecule has 0 saturated carbocycles. The summed E-state index contributed by atoms with van der Waals surface area (Å²) in [5.41, 5.74) is 4.35. The van der Waals surface area contributed by atoms with Gasteiger partial charge in [0.15, 0.2) is 0 Å². The van der Waals surface area contributed by atoms with E-state index in [1.54, 1.807) is 20.8 Å². The molecule has 0 heterocycles. The third kappa shape index (κ3) is 5.68. The lowest BCUT2D eigenvalue weighted by molar-refractivity contribution is -0.126. The van der Waals surface area contributed by atoms with Crippen molar-refractivity contribution in [2.24, 2.45) is 5.73 Å². The topological polar surface area (TPSA) is 84.2 Å². The Morgan fingerprint density at radius 3 is 2.24 bits per heavy atom. The molecule has 0 radical (unpaired) electrons. The van der Waals surface area contributed by atoms with E-state index in [0.29, 0.717) is 0 Å². The van der Waals surface area contributed by atoms with Gasteiger partial charge in [0.25, 0.3) is 0 Å². The van der Waals surface area contributed by atoms with Gasteiger partial charge in [-0.25, -0.2) is 0 Å². The summed E-state index contributed by atoms with van der Waals surface area (Å²) in [6, 6.07) is -0.301. The van der Waals surface area contributed by atoms with E-state index in [-0.39, 0.29) is 11.9 Å². The summed E-state index contributed by atoms with van der Waals surface area (Å²) in [7, 11) is 0. The molecule has 5 nitrogen and oxygen atoms in total. The second-order valence-corrected chi connectivity index (χ2v) is 5.05. The first-order chi connectivity index (χ1) is 7.70. The smallest absolute Gasteiger partial charge is 0.237 e. The van der Waals surface area contributed by atoms with Crippen LogP contribution in [0.3, 0.4) is 0 Å². The van der Waals surface area contributed by atoms with Gasteiger partial charge in [-0.05, 0) is 34.1 Å². The van der Waals surface area contributed by atoms with Crippen LogP contribution in [0.4, 0.5) is 0 Å². The van der Waals surface area contributed by atoms with Crippen LogP contribution >= 0.6 is 0 Å². The van der Waals surface area contributed by atoms with Gasteiger partial charge in [0.2, 0.25) is 11.8 Å². The molecule has 0 saturated heterocycles. The predicted molar refractivity (Wildman–Crippen MR) is 68.4 cm³/mol. The molecular weight excluding hydrogens is 218 g/mol. The molecule has 100 valence electrons. The number of nitrogens with one attached hydrogen (secondary N) is 2. The van der Waals surface area contributed by atoms with Gasteiger partial charge in [-0.3, -0.25) is 14.9 Å². The third-order valence-corrected chi connectivity index (χ3v) is 2.70. The first-order valence-corrected chi connectivity index (χ1v) is 6.08. The van der Waals surface area contributed by atoms with E-state index in [0.717, 1.165) is 12.8 Å². The average Bonchev–Trinajstić information content (AvgIpc) is 2.16. The zero-order valence-electron chi connectivity index (χ0n) is 11.5. The molecule has 4 N–H and O–H groups in total. The van der Waals surface area contributed by atoms with Crippen molar-refractivity contribution in [3.05, 3.63) is 0 Å². The fourth-order valence-corrected chi connectivity index (χ4v) is 1.55. The number of hydrogen-bond donors (Lipinski definition) is 3. The van der Waals surface area contributed by atoms with E-state index in [4.69, 9.17) is 5.73 Å². The van der Waals surface area contributed by atoms with Crippen LogP contribution < -0.4 is 16.4 Å². The molecule has 0 rings (SSSR count). The summed E-state index contributed by atoms with van der Waals surface area (Å²) in [6.45, 7) is 9.08.